The van der Waals surface area contributed by atoms with Gasteiger partial charge in [-0.25, -0.2) is 0 Å². The molecule has 0 aliphatic carbocycles. The molecule has 0 bridgehead atoms. The van der Waals surface area contributed by atoms with Gasteiger partial charge >= 0.3 is 12.0 Å². The molecule has 0 amide bonds. The average molecular weight is 227 g/mol. The Labute approximate surface area is 88.1 Å². The molecule has 0 radical (unpaired) electrons. The Morgan fingerprint density at radius 1 is 1.31 bits per heavy atom. The van der Waals surface area contributed by atoms with Crippen LogP contribution in [0, 0.1) is 17.8 Å². The van der Waals surface area contributed by atoms with Crippen molar-refractivity contribution in [3.8, 4) is 0 Å². The van der Waals surface area contributed by atoms with E-state index in [1.54, 1.807) is 6.92 Å². The van der Waals surface area contributed by atoms with Gasteiger partial charge < -0.3 is 0 Å². The van der Waals surface area contributed by atoms with Crippen molar-refractivity contribution in [2.75, 3.05) is 0 Å². The molecule has 2 aromatic heterocycles. The number of halogens is 3. The minimum atomic E-state index is -1.35. The third kappa shape index (κ3) is 1.50. The molecule has 2 aromatic rings. The van der Waals surface area contributed by atoms with Crippen molar-refractivity contribution in [1.29, 1.82) is 0 Å². The molecule has 82 valence electrons. The van der Waals surface area contributed by atoms with Crippen LogP contribution >= 0.6 is 0 Å². The van der Waals surface area contributed by atoms with E-state index in [-0.39, 0.29) is 5.82 Å². The molecule has 2 heterocycles. The molecule has 4 nitrogen and oxygen atoms in total. The number of hydrogen-bond acceptors (Lipinski definition) is 3. The first kappa shape index (κ1) is 10.5. The van der Waals surface area contributed by atoms with E-state index in [2.05, 4.69) is 21.5 Å². The van der Waals surface area contributed by atoms with Crippen LogP contribution in [0.15, 0.2) is 12.9 Å². The van der Waals surface area contributed by atoms with Crippen molar-refractivity contribution < 1.29 is 17.6 Å². The van der Waals surface area contributed by atoms with Gasteiger partial charge in [0.2, 0.25) is 12.2 Å². The summed E-state index contributed by atoms with van der Waals surface area (Å²) in [6.07, 6.45) is -0.172. The largest absolute Gasteiger partial charge is 0.423 e. The highest BCUT2D eigenvalue weighted by Gasteiger charge is 2.22. The maximum Gasteiger partial charge on any atom is 0.423 e. The minimum Gasteiger partial charge on any atom is -0.194 e. The number of aromatic nitrogens is 4. The van der Waals surface area contributed by atoms with Crippen molar-refractivity contribution >= 4 is 11.2 Å². The van der Waals surface area contributed by atoms with E-state index in [1.165, 1.54) is 0 Å². The molecule has 0 aromatic carbocycles. The summed E-state index contributed by atoms with van der Waals surface area (Å²) in [5.74, 6) is -2.64. The normalized spacial score (nSPS) is 10.8. The highest BCUT2D eigenvalue weighted by molar-refractivity contribution is 5.52. The maximum absolute atomic E-state index is 13.3. The van der Waals surface area contributed by atoms with Crippen LogP contribution in [0.25, 0.3) is 11.2 Å². The standard InChI is InChI=1S/C9H6F3N4/c1-4(2)7-14-6(11)5(10)8-15-9(12)13-3-16(7)8/h3H,1H2,2H3/q+1. The summed E-state index contributed by atoms with van der Waals surface area (Å²) in [5, 5.41) is 0. The molecule has 0 N–H and O–H groups in total. The number of nitrogens with zero attached hydrogens (tertiary/aromatic N) is 4. The number of rotatable bonds is 1. The van der Waals surface area contributed by atoms with E-state index in [0.29, 0.717) is 5.57 Å². The van der Waals surface area contributed by atoms with E-state index >= 15 is 0 Å². The summed E-state index contributed by atoms with van der Waals surface area (Å²) in [4.78, 5) is 9.75. The topological polar surface area (TPSA) is 42.8 Å². The lowest BCUT2D eigenvalue weighted by Gasteiger charge is -2.00. The van der Waals surface area contributed by atoms with Gasteiger partial charge in [-0.3, -0.25) is 0 Å². The molecular formula is C9H6F3N4+. The lowest BCUT2D eigenvalue weighted by Crippen LogP contribution is -2.33. The van der Waals surface area contributed by atoms with Crippen LogP contribution < -0.4 is 4.40 Å². The maximum atomic E-state index is 13.3. The summed E-state index contributed by atoms with van der Waals surface area (Å²) >= 11 is 0. The Bertz CT molecular complexity index is 597. The predicted molar refractivity (Wildman–Crippen MR) is 47.6 cm³/mol. The number of allylic oxidation sites excluding steroid dienone is 1. The molecule has 0 saturated carbocycles. The van der Waals surface area contributed by atoms with Crippen molar-refractivity contribution in [2.45, 2.75) is 6.92 Å². The molecule has 16 heavy (non-hydrogen) atoms. The van der Waals surface area contributed by atoms with Gasteiger partial charge in [-0.2, -0.15) is 13.2 Å². The summed E-state index contributed by atoms with van der Waals surface area (Å²) in [6, 6.07) is 0. The van der Waals surface area contributed by atoms with E-state index in [4.69, 9.17) is 0 Å². The lowest BCUT2D eigenvalue weighted by molar-refractivity contribution is -0.528. The van der Waals surface area contributed by atoms with Crippen LogP contribution in [-0.2, 0) is 0 Å². The third-order valence-electron chi connectivity index (χ3n) is 1.90. The molecule has 0 aliphatic rings. The zero-order valence-corrected chi connectivity index (χ0v) is 8.21. The Balaban J connectivity index is 2.95. The Morgan fingerprint density at radius 2 is 2.00 bits per heavy atom. The second-order valence-electron chi connectivity index (χ2n) is 3.14. The van der Waals surface area contributed by atoms with E-state index in [9.17, 15) is 13.2 Å². The van der Waals surface area contributed by atoms with Gasteiger partial charge in [-0.1, -0.05) is 16.5 Å². The third-order valence-corrected chi connectivity index (χ3v) is 1.90. The fourth-order valence-electron chi connectivity index (χ4n) is 1.23. The molecule has 7 heteroatoms. The Hall–Kier alpha value is -2.05. The molecule has 0 saturated heterocycles. The SMILES string of the molecule is C=C(C)c1nc(F)c(F)c2nc(F)nc[n+]12. The van der Waals surface area contributed by atoms with E-state index in [0.717, 1.165) is 10.7 Å². The smallest absolute Gasteiger partial charge is 0.194 e. The monoisotopic (exact) mass is 227 g/mol. The van der Waals surface area contributed by atoms with E-state index < -0.39 is 23.5 Å². The van der Waals surface area contributed by atoms with Crippen molar-refractivity contribution in [2.24, 2.45) is 0 Å². The summed E-state index contributed by atoms with van der Waals surface area (Å²) in [5.41, 5.74) is -0.137. The molecular weight excluding hydrogens is 221 g/mol. The van der Waals surface area contributed by atoms with Gasteiger partial charge in [0.05, 0.1) is 0 Å². The lowest BCUT2D eigenvalue weighted by atomic mass is 10.3. The predicted octanol–water partition coefficient (Wildman–Crippen LogP) is 1.06. The molecule has 0 aliphatic heterocycles. The van der Waals surface area contributed by atoms with Crippen LogP contribution in [0.2, 0.25) is 0 Å². The molecule has 2 rings (SSSR count). The van der Waals surface area contributed by atoms with E-state index in [1.807, 2.05) is 0 Å². The van der Waals surface area contributed by atoms with Gasteiger partial charge in [0, 0.05) is 5.57 Å². The Morgan fingerprint density at radius 3 is 2.62 bits per heavy atom. The zero-order chi connectivity index (χ0) is 11.9. The molecule has 0 unspecified atom stereocenters. The van der Waals surface area contributed by atoms with Crippen LogP contribution in [0.3, 0.4) is 0 Å². The fraction of sp³-hybridized carbons (Fsp3) is 0.111. The van der Waals surface area contributed by atoms with Gasteiger partial charge in [-0.15, -0.1) is 9.37 Å². The second kappa shape index (κ2) is 3.51. The summed E-state index contributed by atoms with van der Waals surface area (Å²) in [6.45, 7) is 5.10. The van der Waals surface area contributed by atoms with Crippen molar-refractivity contribution in [3.05, 3.63) is 36.6 Å². The van der Waals surface area contributed by atoms with Crippen LogP contribution in [0.5, 0.6) is 0 Å². The summed E-state index contributed by atoms with van der Waals surface area (Å²) < 4.78 is 40.1. The van der Waals surface area contributed by atoms with Crippen LogP contribution in [0.4, 0.5) is 13.2 Å². The highest BCUT2D eigenvalue weighted by atomic mass is 19.2. The quantitative estimate of drug-likeness (QED) is 0.540. The first-order chi connectivity index (χ1) is 7.50. The van der Waals surface area contributed by atoms with Gasteiger partial charge in [0.1, 0.15) is 0 Å². The van der Waals surface area contributed by atoms with Crippen LogP contribution in [-0.4, -0.2) is 15.0 Å². The minimum absolute atomic E-state index is 0.0360. The number of hydrogen-bond donors (Lipinski definition) is 0. The number of fused-ring (bicyclic) bond motifs is 1. The van der Waals surface area contributed by atoms with Crippen molar-refractivity contribution in [1.82, 2.24) is 15.0 Å². The molecule has 0 atom stereocenters. The first-order valence-electron chi connectivity index (χ1n) is 4.25. The van der Waals surface area contributed by atoms with Gasteiger partial charge in [-0.05, 0) is 6.92 Å². The fourth-order valence-corrected chi connectivity index (χ4v) is 1.23. The summed E-state index contributed by atoms with van der Waals surface area (Å²) in [7, 11) is 0. The highest BCUT2D eigenvalue weighted by Crippen LogP contribution is 2.10. The van der Waals surface area contributed by atoms with Crippen LogP contribution in [0.1, 0.15) is 12.7 Å². The van der Waals surface area contributed by atoms with Gasteiger partial charge in [0.25, 0.3) is 11.5 Å². The zero-order valence-electron chi connectivity index (χ0n) is 8.21. The first-order valence-corrected chi connectivity index (χ1v) is 4.25. The van der Waals surface area contributed by atoms with Gasteiger partial charge in [0.15, 0.2) is 0 Å². The van der Waals surface area contributed by atoms with Crippen molar-refractivity contribution in [3.63, 3.8) is 0 Å². The molecule has 0 fully saturated rings. The Kier molecular flexibility index (Phi) is 2.30. The molecule has 0 spiro atoms. The second-order valence-corrected chi connectivity index (χ2v) is 3.14. The average Bonchev–Trinajstić information content (AvgIpc) is 2.23.